The summed E-state index contributed by atoms with van der Waals surface area (Å²) < 4.78 is 13.7. The molecule has 124 valence electrons. The summed E-state index contributed by atoms with van der Waals surface area (Å²) in [5, 5.41) is 4.16. The number of carbonyl (C=O) groups excluding carboxylic acids is 1. The number of rotatable bonds is 4. The molecule has 0 N–H and O–H groups in total. The molecule has 0 bridgehead atoms. The molecule has 2 aromatic carbocycles. The van der Waals surface area contributed by atoms with E-state index < -0.39 is 5.82 Å². The predicted octanol–water partition coefficient (Wildman–Crippen LogP) is 3.40. The third-order valence-electron chi connectivity index (χ3n) is 4.12. The Morgan fingerprint density at radius 3 is 2.71 bits per heavy atom. The molecule has 4 nitrogen and oxygen atoms in total. The maximum absolute atomic E-state index is 13.7. The summed E-state index contributed by atoms with van der Waals surface area (Å²) in [5.41, 5.74) is 3.14. The van der Waals surface area contributed by atoms with Crippen molar-refractivity contribution < 1.29 is 14.0 Å². The van der Waals surface area contributed by atoms with Gasteiger partial charge in [0.1, 0.15) is 5.82 Å². The van der Waals surface area contributed by atoms with Gasteiger partial charge in [-0.1, -0.05) is 41.6 Å². The van der Waals surface area contributed by atoms with Gasteiger partial charge in [-0.25, -0.2) is 4.39 Å². The fraction of sp³-hybridized carbons (Fsp3) is 0.263. The van der Waals surface area contributed by atoms with Gasteiger partial charge < -0.3 is 9.74 Å². The Balaban J connectivity index is 1.63. The maximum atomic E-state index is 13.7. The van der Waals surface area contributed by atoms with Crippen LogP contribution in [-0.2, 0) is 4.84 Å². The van der Waals surface area contributed by atoms with Gasteiger partial charge in [-0.05, 0) is 24.6 Å². The summed E-state index contributed by atoms with van der Waals surface area (Å²) in [7, 11) is 1.64. The van der Waals surface area contributed by atoms with Gasteiger partial charge in [0.2, 0.25) is 0 Å². The van der Waals surface area contributed by atoms with Crippen LogP contribution in [0.4, 0.5) is 4.39 Å². The van der Waals surface area contributed by atoms with Crippen LogP contribution in [0.5, 0.6) is 0 Å². The molecule has 1 aliphatic rings. The highest BCUT2D eigenvalue weighted by molar-refractivity contribution is 6.02. The summed E-state index contributed by atoms with van der Waals surface area (Å²) in [5.74, 6) is -0.875. The van der Waals surface area contributed by atoms with E-state index in [1.54, 1.807) is 19.2 Å². The first-order valence-corrected chi connectivity index (χ1v) is 7.85. The Kier molecular flexibility index (Phi) is 4.60. The van der Waals surface area contributed by atoms with E-state index in [2.05, 4.69) is 5.16 Å². The summed E-state index contributed by atoms with van der Waals surface area (Å²) in [4.78, 5) is 19.3. The summed E-state index contributed by atoms with van der Waals surface area (Å²) in [6.45, 7) is 2.38. The molecule has 0 aromatic heterocycles. The molecule has 5 heteroatoms. The molecule has 0 fully saturated rings. The lowest BCUT2D eigenvalue weighted by molar-refractivity contribution is 0.0479. The van der Waals surface area contributed by atoms with E-state index in [4.69, 9.17) is 4.84 Å². The molecule has 0 unspecified atom stereocenters. The van der Waals surface area contributed by atoms with Gasteiger partial charge in [0.15, 0.2) is 6.10 Å². The lowest BCUT2D eigenvalue weighted by Gasteiger charge is -2.20. The highest BCUT2D eigenvalue weighted by Crippen LogP contribution is 2.20. The third-order valence-corrected chi connectivity index (χ3v) is 4.12. The van der Waals surface area contributed by atoms with E-state index in [0.29, 0.717) is 13.0 Å². The van der Waals surface area contributed by atoms with E-state index in [1.165, 1.54) is 17.0 Å². The Hall–Kier alpha value is -2.69. The molecule has 24 heavy (non-hydrogen) atoms. The predicted molar refractivity (Wildman–Crippen MR) is 90.6 cm³/mol. The van der Waals surface area contributed by atoms with Crippen molar-refractivity contribution in [3.63, 3.8) is 0 Å². The molecule has 0 aliphatic carbocycles. The lowest BCUT2D eigenvalue weighted by atomic mass is 10.0. The maximum Gasteiger partial charge on any atom is 0.256 e. The molecule has 3 rings (SSSR count). The molecule has 2 aromatic rings. The van der Waals surface area contributed by atoms with Crippen molar-refractivity contribution in [1.82, 2.24) is 4.90 Å². The second-order valence-corrected chi connectivity index (χ2v) is 5.95. The van der Waals surface area contributed by atoms with Gasteiger partial charge in [0.05, 0.1) is 17.8 Å². The van der Waals surface area contributed by atoms with Crippen LogP contribution in [0.2, 0.25) is 0 Å². The number of hydrogen-bond acceptors (Lipinski definition) is 3. The average Bonchev–Trinajstić information content (AvgIpc) is 3.03. The fourth-order valence-electron chi connectivity index (χ4n) is 2.81. The Labute approximate surface area is 140 Å². The van der Waals surface area contributed by atoms with E-state index >= 15 is 0 Å². The van der Waals surface area contributed by atoms with Crippen LogP contribution in [0.25, 0.3) is 0 Å². The molecular formula is C19H19FN2O2. The fourth-order valence-corrected chi connectivity index (χ4v) is 2.81. The highest BCUT2D eigenvalue weighted by Gasteiger charge is 2.26. The van der Waals surface area contributed by atoms with E-state index in [9.17, 15) is 9.18 Å². The van der Waals surface area contributed by atoms with Gasteiger partial charge >= 0.3 is 0 Å². The zero-order valence-corrected chi connectivity index (χ0v) is 13.7. The number of benzene rings is 2. The zero-order valence-electron chi connectivity index (χ0n) is 13.7. The van der Waals surface area contributed by atoms with Crippen LogP contribution >= 0.6 is 0 Å². The normalized spacial score (nSPS) is 16.5. The zero-order chi connectivity index (χ0) is 17.1. The van der Waals surface area contributed by atoms with Crippen molar-refractivity contribution in [2.24, 2.45) is 5.16 Å². The number of halogens is 1. The SMILES string of the molecule is Cc1ccccc1C1=NO[C@H](CN(C)C(=O)c2ccccc2F)C1. The van der Waals surface area contributed by atoms with Crippen molar-refractivity contribution in [3.05, 3.63) is 71.0 Å². The average molecular weight is 326 g/mol. The number of aryl methyl sites for hydroxylation is 1. The van der Waals surface area contributed by atoms with Gasteiger partial charge in [-0.15, -0.1) is 0 Å². The minimum Gasteiger partial charge on any atom is -0.390 e. The van der Waals surface area contributed by atoms with Crippen LogP contribution in [0, 0.1) is 12.7 Å². The van der Waals surface area contributed by atoms with Crippen LogP contribution in [-0.4, -0.2) is 36.2 Å². The number of nitrogens with zero attached hydrogens (tertiary/aromatic N) is 2. The molecule has 0 spiro atoms. The molecule has 1 atom stereocenters. The van der Waals surface area contributed by atoms with Crippen molar-refractivity contribution in [3.8, 4) is 0 Å². The topological polar surface area (TPSA) is 41.9 Å². The lowest BCUT2D eigenvalue weighted by Crippen LogP contribution is -2.35. The number of likely N-dealkylation sites (N-methyl/N-ethyl adjacent to an activating group) is 1. The minimum atomic E-state index is -0.515. The Bertz CT molecular complexity index is 788. The quantitative estimate of drug-likeness (QED) is 0.864. The van der Waals surface area contributed by atoms with Gasteiger partial charge in [-0.3, -0.25) is 4.79 Å². The standard InChI is InChI=1S/C19H19FN2O2/c1-13-7-3-4-8-15(13)18-11-14(24-21-18)12-22(2)19(23)16-9-5-6-10-17(16)20/h3-10,14H,11-12H2,1-2H3/t14-/m0/s1. The number of amides is 1. The summed E-state index contributed by atoms with van der Waals surface area (Å²) in [6.07, 6.45) is 0.403. The molecule has 1 aliphatic heterocycles. The molecule has 0 radical (unpaired) electrons. The van der Waals surface area contributed by atoms with Crippen molar-refractivity contribution >= 4 is 11.6 Å². The Morgan fingerprint density at radius 1 is 1.25 bits per heavy atom. The highest BCUT2D eigenvalue weighted by atomic mass is 19.1. The summed E-state index contributed by atoms with van der Waals surface area (Å²) >= 11 is 0. The van der Waals surface area contributed by atoms with Crippen LogP contribution in [0.3, 0.4) is 0 Å². The smallest absolute Gasteiger partial charge is 0.256 e. The second-order valence-electron chi connectivity index (χ2n) is 5.95. The van der Waals surface area contributed by atoms with Crippen LogP contribution < -0.4 is 0 Å². The van der Waals surface area contributed by atoms with Crippen LogP contribution in [0.1, 0.15) is 27.9 Å². The van der Waals surface area contributed by atoms with E-state index in [1.807, 2.05) is 31.2 Å². The van der Waals surface area contributed by atoms with E-state index in [-0.39, 0.29) is 17.6 Å². The number of carbonyl (C=O) groups is 1. The molecular weight excluding hydrogens is 307 g/mol. The number of hydrogen-bond donors (Lipinski definition) is 0. The van der Waals surface area contributed by atoms with Crippen molar-refractivity contribution in [2.45, 2.75) is 19.4 Å². The second kappa shape index (κ2) is 6.83. The van der Waals surface area contributed by atoms with Gasteiger partial charge in [0, 0.05) is 19.0 Å². The van der Waals surface area contributed by atoms with Crippen molar-refractivity contribution in [2.75, 3.05) is 13.6 Å². The monoisotopic (exact) mass is 326 g/mol. The van der Waals surface area contributed by atoms with Gasteiger partial charge in [0.25, 0.3) is 5.91 Å². The number of oxime groups is 1. The van der Waals surface area contributed by atoms with E-state index in [0.717, 1.165) is 16.8 Å². The molecule has 0 saturated heterocycles. The molecule has 0 saturated carbocycles. The first-order chi connectivity index (χ1) is 11.6. The van der Waals surface area contributed by atoms with Gasteiger partial charge in [-0.2, -0.15) is 0 Å². The van der Waals surface area contributed by atoms with Crippen LogP contribution in [0.15, 0.2) is 53.7 Å². The Morgan fingerprint density at radius 2 is 1.96 bits per heavy atom. The first kappa shape index (κ1) is 16.2. The third kappa shape index (κ3) is 3.30. The first-order valence-electron chi connectivity index (χ1n) is 7.85. The largest absolute Gasteiger partial charge is 0.390 e. The molecule has 1 amide bonds. The molecule has 1 heterocycles. The summed E-state index contributed by atoms with van der Waals surface area (Å²) in [6, 6.07) is 14.0. The van der Waals surface area contributed by atoms with Crippen molar-refractivity contribution in [1.29, 1.82) is 0 Å². The minimum absolute atomic E-state index is 0.0676.